The number of hydrogen-bond donors (Lipinski definition) is 2. The molecule has 0 atom stereocenters. The quantitative estimate of drug-likeness (QED) is 0.888. The normalized spacial score (nSPS) is 11.6. The van der Waals surface area contributed by atoms with Crippen molar-refractivity contribution in [1.82, 2.24) is 9.88 Å². The van der Waals surface area contributed by atoms with Gasteiger partial charge in [0.05, 0.1) is 5.56 Å². The summed E-state index contributed by atoms with van der Waals surface area (Å²) < 4.78 is 2.18. The second-order valence-corrected chi connectivity index (χ2v) is 6.23. The van der Waals surface area contributed by atoms with Crippen molar-refractivity contribution in [3.63, 3.8) is 0 Å². The molecule has 0 aliphatic heterocycles. The lowest BCUT2D eigenvalue weighted by atomic mass is 10.1. The minimum absolute atomic E-state index is 0.0816. The van der Waals surface area contributed by atoms with Crippen LogP contribution >= 0.6 is 0 Å². The zero-order chi connectivity index (χ0) is 15.5. The first kappa shape index (κ1) is 15.3. The van der Waals surface area contributed by atoms with Crippen LogP contribution in [0.1, 0.15) is 42.4 Å². The Hall–Kier alpha value is -2.07. The van der Waals surface area contributed by atoms with E-state index in [1.54, 1.807) is 12.1 Å². The van der Waals surface area contributed by atoms with Crippen LogP contribution in [0.25, 0.3) is 0 Å². The minimum atomic E-state index is -0.891. The van der Waals surface area contributed by atoms with E-state index >= 15 is 0 Å². The number of nitrogens with one attached hydrogen (secondary N) is 1. The van der Waals surface area contributed by atoms with E-state index in [4.69, 9.17) is 5.11 Å². The molecule has 0 aliphatic carbocycles. The Kier molecular flexibility index (Phi) is 4.48. The zero-order valence-corrected chi connectivity index (χ0v) is 12.8. The number of nitrogens with zero attached hydrogens (tertiary/aromatic N) is 1. The SMILES string of the molecule is CC(C)(C)NCc1cccn1Cc1ccc(C(=O)O)cc1. The van der Waals surface area contributed by atoms with E-state index in [0.29, 0.717) is 5.56 Å². The van der Waals surface area contributed by atoms with E-state index in [1.807, 2.05) is 24.4 Å². The molecule has 0 bridgehead atoms. The highest BCUT2D eigenvalue weighted by atomic mass is 16.4. The lowest BCUT2D eigenvalue weighted by Gasteiger charge is -2.21. The van der Waals surface area contributed by atoms with Gasteiger partial charge in [0.15, 0.2) is 0 Å². The van der Waals surface area contributed by atoms with E-state index in [2.05, 4.69) is 36.7 Å². The van der Waals surface area contributed by atoms with E-state index in [9.17, 15) is 4.79 Å². The van der Waals surface area contributed by atoms with Crippen LogP contribution in [-0.2, 0) is 13.1 Å². The Balaban J connectivity index is 2.06. The summed E-state index contributed by atoms with van der Waals surface area (Å²) >= 11 is 0. The topological polar surface area (TPSA) is 54.3 Å². The van der Waals surface area contributed by atoms with E-state index in [0.717, 1.165) is 18.7 Å². The molecule has 4 nitrogen and oxygen atoms in total. The number of rotatable bonds is 5. The molecule has 2 N–H and O–H groups in total. The third kappa shape index (κ3) is 4.46. The number of aromatic carboxylic acids is 1. The van der Waals surface area contributed by atoms with Crippen molar-refractivity contribution in [2.75, 3.05) is 0 Å². The van der Waals surface area contributed by atoms with Gasteiger partial charge in [-0.25, -0.2) is 4.79 Å². The molecule has 0 fully saturated rings. The molecule has 1 aromatic heterocycles. The van der Waals surface area contributed by atoms with Crippen LogP contribution < -0.4 is 5.32 Å². The third-order valence-corrected chi connectivity index (χ3v) is 3.28. The summed E-state index contributed by atoms with van der Waals surface area (Å²) in [6.07, 6.45) is 2.05. The summed E-state index contributed by atoms with van der Waals surface area (Å²) in [6, 6.07) is 11.2. The average Bonchev–Trinajstić information content (AvgIpc) is 2.83. The van der Waals surface area contributed by atoms with Gasteiger partial charge in [-0.1, -0.05) is 12.1 Å². The second kappa shape index (κ2) is 6.14. The first-order valence-electron chi connectivity index (χ1n) is 7.06. The van der Waals surface area contributed by atoms with Crippen molar-refractivity contribution >= 4 is 5.97 Å². The van der Waals surface area contributed by atoms with Gasteiger partial charge in [-0.15, -0.1) is 0 Å². The summed E-state index contributed by atoms with van der Waals surface area (Å²) in [5.74, 6) is -0.891. The molecule has 21 heavy (non-hydrogen) atoms. The van der Waals surface area contributed by atoms with Gasteiger partial charge in [-0.3, -0.25) is 0 Å². The van der Waals surface area contributed by atoms with Gasteiger partial charge in [0.2, 0.25) is 0 Å². The molecule has 0 amide bonds. The van der Waals surface area contributed by atoms with E-state index in [-0.39, 0.29) is 5.54 Å². The van der Waals surface area contributed by atoms with Crippen LogP contribution in [0.4, 0.5) is 0 Å². The van der Waals surface area contributed by atoms with Crippen molar-refractivity contribution in [1.29, 1.82) is 0 Å². The molecular formula is C17H22N2O2. The minimum Gasteiger partial charge on any atom is -0.478 e. The molecule has 0 radical (unpaired) electrons. The number of carboxylic acid groups (broad SMARTS) is 1. The lowest BCUT2D eigenvalue weighted by molar-refractivity contribution is 0.0697. The molecular weight excluding hydrogens is 264 g/mol. The maximum absolute atomic E-state index is 10.8. The van der Waals surface area contributed by atoms with Crippen LogP contribution in [0.3, 0.4) is 0 Å². The standard InChI is InChI=1S/C17H22N2O2/c1-17(2,3)18-11-15-5-4-10-19(15)12-13-6-8-14(9-7-13)16(20)21/h4-10,18H,11-12H2,1-3H3,(H,20,21). The van der Waals surface area contributed by atoms with Gasteiger partial charge < -0.3 is 15.0 Å². The van der Waals surface area contributed by atoms with E-state index < -0.39 is 5.97 Å². The molecule has 112 valence electrons. The van der Waals surface area contributed by atoms with Crippen LogP contribution in [0.15, 0.2) is 42.6 Å². The fourth-order valence-corrected chi connectivity index (χ4v) is 2.07. The van der Waals surface area contributed by atoms with Gasteiger partial charge in [0, 0.05) is 30.5 Å². The maximum Gasteiger partial charge on any atom is 0.335 e. The first-order chi connectivity index (χ1) is 9.85. The molecule has 0 aliphatic rings. The monoisotopic (exact) mass is 286 g/mol. The van der Waals surface area contributed by atoms with Crippen molar-refractivity contribution < 1.29 is 9.90 Å². The summed E-state index contributed by atoms with van der Waals surface area (Å²) in [5, 5.41) is 12.4. The highest BCUT2D eigenvalue weighted by Gasteiger charge is 2.10. The maximum atomic E-state index is 10.8. The molecule has 0 unspecified atom stereocenters. The fourth-order valence-electron chi connectivity index (χ4n) is 2.07. The van der Waals surface area contributed by atoms with Crippen molar-refractivity contribution in [3.8, 4) is 0 Å². The smallest absolute Gasteiger partial charge is 0.335 e. The number of carbonyl (C=O) groups is 1. The molecule has 0 saturated carbocycles. The van der Waals surface area contributed by atoms with Gasteiger partial charge >= 0.3 is 5.97 Å². The number of benzene rings is 1. The Morgan fingerprint density at radius 2 is 1.86 bits per heavy atom. The Morgan fingerprint density at radius 3 is 2.43 bits per heavy atom. The second-order valence-electron chi connectivity index (χ2n) is 6.23. The van der Waals surface area contributed by atoms with Gasteiger partial charge in [0.1, 0.15) is 0 Å². The molecule has 0 saturated heterocycles. The van der Waals surface area contributed by atoms with Crippen molar-refractivity contribution in [2.45, 2.75) is 39.4 Å². The summed E-state index contributed by atoms with van der Waals surface area (Å²) in [7, 11) is 0. The molecule has 2 rings (SSSR count). The fraction of sp³-hybridized carbons (Fsp3) is 0.353. The molecule has 2 aromatic rings. The highest BCUT2D eigenvalue weighted by molar-refractivity contribution is 5.87. The predicted molar refractivity (Wildman–Crippen MR) is 83.5 cm³/mol. The van der Waals surface area contributed by atoms with Crippen LogP contribution in [0, 0.1) is 0 Å². The lowest BCUT2D eigenvalue weighted by Crippen LogP contribution is -2.35. The van der Waals surface area contributed by atoms with Crippen molar-refractivity contribution in [2.24, 2.45) is 0 Å². The van der Waals surface area contributed by atoms with E-state index in [1.165, 1.54) is 5.69 Å². The number of aromatic nitrogens is 1. The van der Waals surface area contributed by atoms with Crippen molar-refractivity contribution in [3.05, 3.63) is 59.4 Å². The Bertz CT molecular complexity index is 606. The number of carboxylic acids is 1. The molecule has 1 heterocycles. The Morgan fingerprint density at radius 1 is 1.19 bits per heavy atom. The molecule has 1 aromatic carbocycles. The predicted octanol–water partition coefficient (Wildman–Crippen LogP) is 3.12. The molecule has 4 heteroatoms. The number of hydrogen-bond acceptors (Lipinski definition) is 2. The van der Waals surface area contributed by atoms with Gasteiger partial charge in [-0.05, 0) is 50.6 Å². The zero-order valence-electron chi connectivity index (χ0n) is 12.8. The summed E-state index contributed by atoms with van der Waals surface area (Å²) in [5.41, 5.74) is 2.71. The third-order valence-electron chi connectivity index (χ3n) is 3.28. The van der Waals surface area contributed by atoms with Gasteiger partial charge in [0.25, 0.3) is 0 Å². The molecule has 0 spiro atoms. The van der Waals surface area contributed by atoms with Gasteiger partial charge in [-0.2, -0.15) is 0 Å². The largest absolute Gasteiger partial charge is 0.478 e. The van der Waals surface area contributed by atoms with Crippen LogP contribution in [-0.4, -0.2) is 21.2 Å². The summed E-state index contributed by atoms with van der Waals surface area (Å²) in [4.78, 5) is 10.8. The van der Waals surface area contributed by atoms with Crippen LogP contribution in [0.5, 0.6) is 0 Å². The first-order valence-corrected chi connectivity index (χ1v) is 7.06. The summed E-state index contributed by atoms with van der Waals surface area (Å²) in [6.45, 7) is 7.98. The average molecular weight is 286 g/mol. The highest BCUT2D eigenvalue weighted by Crippen LogP contribution is 2.11. The Labute approximate surface area is 125 Å². The van der Waals surface area contributed by atoms with Crippen LogP contribution in [0.2, 0.25) is 0 Å².